The topological polar surface area (TPSA) is 200 Å². The van der Waals surface area contributed by atoms with Gasteiger partial charge in [0.25, 0.3) is 11.8 Å². The van der Waals surface area contributed by atoms with Crippen molar-refractivity contribution in [3.63, 3.8) is 0 Å². The number of aromatic nitrogens is 1. The van der Waals surface area contributed by atoms with E-state index in [0.29, 0.717) is 22.3 Å². The van der Waals surface area contributed by atoms with E-state index in [4.69, 9.17) is 5.73 Å². The Morgan fingerprint density at radius 2 is 1.93 bits per heavy atom. The van der Waals surface area contributed by atoms with Gasteiger partial charge in [0.1, 0.15) is 22.8 Å². The van der Waals surface area contributed by atoms with E-state index in [1.165, 1.54) is 6.20 Å². The fraction of sp³-hybridized carbons (Fsp3) is 0.345. The van der Waals surface area contributed by atoms with E-state index < -0.39 is 58.4 Å². The number of hydrogen-bond acceptors (Lipinski definition) is 9. The molecule has 11 heteroatoms. The number of nitrogens with two attached hydrogens (primary N) is 1. The van der Waals surface area contributed by atoms with Gasteiger partial charge in [0.2, 0.25) is 5.78 Å². The van der Waals surface area contributed by atoms with Crippen molar-refractivity contribution in [2.24, 2.45) is 17.6 Å². The van der Waals surface area contributed by atoms with Gasteiger partial charge in [-0.25, -0.2) is 0 Å². The molecule has 3 aliphatic rings. The van der Waals surface area contributed by atoms with E-state index in [-0.39, 0.29) is 48.1 Å². The van der Waals surface area contributed by atoms with Crippen molar-refractivity contribution in [3.05, 3.63) is 75.3 Å². The molecule has 3 atom stereocenters. The fourth-order valence-corrected chi connectivity index (χ4v) is 6.16. The van der Waals surface area contributed by atoms with Crippen LogP contribution in [0.25, 0.3) is 5.76 Å². The van der Waals surface area contributed by atoms with Crippen LogP contribution in [0.3, 0.4) is 0 Å². The number of aromatic hydroxyl groups is 1. The molecule has 5 rings (SSSR count). The van der Waals surface area contributed by atoms with E-state index in [9.17, 15) is 39.6 Å². The lowest BCUT2D eigenvalue weighted by Crippen LogP contribution is -2.58. The Morgan fingerprint density at radius 3 is 2.55 bits per heavy atom. The highest BCUT2D eigenvalue weighted by molar-refractivity contribution is 6.22. The average Bonchev–Trinajstić information content (AvgIpc) is 2.90. The van der Waals surface area contributed by atoms with E-state index in [0.717, 1.165) is 0 Å². The Morgan fingerprint density at radius 1 is 1.20 bits per heavy atom. The number of phenols is 1. The molecule has 11 nitrogen and oxygen atoms in total. The van der Waals surface area contributed by atoms with Gasteiger partial charge in [0.05, 0.1) is 11.1 Å². The minimum atomic E-state index is -2.62. The average molecular weight is 548 g/mol. The summed E-state index contributed by atoms with van der Waals surface area (Å²) in [6, 6.07) is 5.00. The number of primary amides is 1. The number of aliphatic hydroxyl groups excluding tert-OH is 2. The lowest BCUT2D eigenvalue weighted by Gasteiger charge is -2.46. The number of carbonyl (C=O) groups is 4. The monoisotopic (exact) mass is 547 g/mol. The predicted molar refractivity (Wildman–Crippen MR) is 141 cm³/mol. The largest absolute Gasteiger partial charge is 0.508 e. The summed E-state index contributed by atoms with van der Waals surface area (Å²) in [5.74, 6) is -7.32. The van der Waals surface area contributed by atoms with Crippen molar-refractivity contribution in [2.75, 3.05) is 0 Å². The zero-order valence-electron chi connectivity index (χ0n) is 21.9. The van der Waals surface area contributed by atoms with Crippen LogP contribution < -0.4 is 11.1 Å². The van der Waals surface area contributed by atoms with Gasteiger partial charge in [0, 0.05) is 36.9 Å². The summed E-state index contributed by atoms with van der Waals surface area (Å²) in [6.07, 6.45) is 2.75. The molecule has 7 N–H and O–H groups in total. The summed E-state index contributed by atoms with van der Waals surface area (Å²) in [7, 11) is 0. The lowest BCUT2D eigenvalue weighted by atomic mass is 9.59. The smallest absolute Gasteiger partial charge is 0.255 e. The normalized spacial score (nSPS) is 24.0. The summed E-state index contributed by atoms with van der Waals surface area (Å²) < 4.78 is 0. The molecule has 208 valence electrons. The summed E-state index contributed by atoms with van der Waals surface area (Å²) in [5, 5.41) is 47.6. The molecule has 1 aromatic carbocycles. The number of pyridine rings is 1. The summed E-state index contributed by atoms with van der Waals surface area (Å²) in [5.41, 5.74) is 3.52. The highest BCUT2D eigenvalue weighted by atomic mass is 16.3. The Balaban J connectivity index is 1.62. The molecular formula is C29H29N3O8. The first-order chi connectivity index (χ1) is 18.9. The van der Waals surface area contributed by atoms with E-state index in [1.54, 1.807) is 24.4 Å². The van der Waals surface area contributed by atoms with Crippen molar-refractivity contribution >= 4 is 29.1 Å². The van der Waals surface area contributed by atoms with Gasteiger partial charge in [-0.1, -0.05) is 13.8 Å². The number of phenolic OH excluding ortho intramolecular Hbond substituents is 1. The summed E-state index contributed by atoms with van der Waals surface area (Å²) in [6.45, 7) is 3.72. The first-order valence-corrected chi connectivity index (χ1v) is 12.9. The van der Waals surface area contributed by atoms with Gasteiger partial charge < -0.3 is 31.5 Å². The number of carbonyl (C=O) groups excluding carboxylic acids is 4. The number of nitrogens with zero attached hydrogens (tertiary/aromatic N) is 1. The summed E-state index contributed by atoms with van der Waals surface area (Å²) in [4.78, 5) is 54.8. The van der Waals surface area contributed by atoms with E-state index >= 15 is 0 Å². The molecule has 3 aliphatic carbocycles. The molecule has 3 unspecified atom stereocenters. The van der Waals surface area contributed by atoms with E-state index in [2.05, 4.69) is 10.3 Å². The van der Waals surface area contributed by atoms with Gasteiger partial charge >= 0.3 is 0 Å². The number of amides is 2. The fourth-order valence-electron chi connectivity index (χ4n) is 6.16. The van der Waals surface area contributed by atoms with Gasteiger partial charge in [0.15, 0.2) is 11.4 Å². The molecule has 0 bridgehead atoms. The molecule has 40 heavy (non-hydrogen) atoms. The number of hydrogen-bond donors (Lipinski definition) is 6. The number of ketones is 2. The van der Waals surface area contributed by atoms with Gasteiger partial charge in [-0.2, -0.15) is 0 Å². The number of benzene rings is 1. The maximum Gasteiger partial charge on any atom is 0.255 e. The van der Waals surface area contributed by atoms with Crippen molar-refractivity contribution in [1.29, 1.82) is 0 Å². The molecule has 1 saturated carbocycles. The van der Waals surface area contributed by atoms with Crippen LogP contribution in [0.4, 0.5) is 0 Å². The van der Waals surface area contributed by atoms with Crippen LogP contribution in [0.15, 0.2) is 47.5 Å². The second-order valence-corrected chi connectivity index (χ2v) is 10.8. The SMILES string of the molecule is CC(C)c1cc(CNC(=O)c2cccnc2)c2c(c1O)C(O)=C1C(=O)C3(O)C(O)=C(C(N)=O)C(=O)CC3CC1C2. The van der Waals surface area contributed by atoms with Gasteiger partial charge in [-0.3, -0.25) is 24.2 Å². The maximum atomic E-state index is 13.7. The second-order valence-electron chi connectivity index (χ2n) is 10.8. The molecule has 0 radical (unpaired) electrons. The zero-order chi connectivity index (χ0) is 29.1. The third-order valence-corrected chi connectivity index (χ3v) is 8.17. The Bertz CT molecular complexity index is 1540. The van der Waals surface area contributed by atoms with E-state index in [1.807, 2.05) is 13.8 Å². The number of aliphatic hydroxyl groups is 3. The molecule has 2 aromatic rings. The third kappa shape index (κ3) is 3.96. The van der Waals surface area contributed by atoms with Gasteiger partial charge in [-0.15, -0.1) is 0 Å². The number of rotatable bonds is 5. The van der Waals surface area contributed by atoms with Crippen LogP contribution in [0.2, 0.25) is 0 Å². The van der Waals surface area contributed by atoms with Crippen LogP contribution in [0.5, 0.6) is 5.75 Å². The minimum Gasteiger partial charge on any atom is -0.508 e. The van der Waals surface area contributed by atoms with Crippen molar-refractivity contribution in [2.45, 2.75) is 51.2 Å². The zero-order valence-corrected chi connectivity index (χ0v) is 21.9. The van der Waals surface area contributed by atoms with Crippen LogP contribution in [0.1, 0.15) is 65.2 Å². The minimum absolute atomic E-state index is 0.00366. The molecular weight excluding hydrogens is 518 g/mol. The molecule has 1 heterocycles. The summed E-state index contributed by atoms with van der Waals surface area (Å²) >= 11 is 0. The predicted octanol–water partition coefficient (Wildman–Crippen LogP) is 1.87. The first kappa shape index (κ1) is 27.1. The molecule has 1 fully saturated rings. The van der Waals surface area contributed by atoms with Crippen molar-refractivity contribution in [3.8, 4) is 5.75 Å². The van der Waals surface area contributed by atoms with Crippen LogP contribution >= 0.6 is 0 Å². The molecule has 1 aromatic heterocycles. The molecule has 0 saturated heterocycles. The quantitative estimate of drug-likeness (QED) is 0.302. The van der Waals surface area contributed by atoms with Crippen LogP contribution in [0, 0.1) is 11.8 Å². The second kappa shape index (κ2) is 9.60. The van der Waals surface area contributed by atoms with Crippen molar-refractivity contribution < 1.29 is 39.6 Å². The van der Waals surface area contributed by atoms with Crippen LogP contribution in [-0.4, -0.2) is 54.4 Å². The Kier molecular flexibility index (Phi) is 6.49. The van der Waals surface area contributed by atoms with Crippen molar-refractivity contribution in [1.82, 2.24) is 10.3 Å². The standard InChI is InChI=1S/C29H29N3O8/c1-12(2)17-8-15(11-32-28(39)13-4-3-5-31-10-13)18-7-14-6-16-9-19(33)22(27(30)38)26(37)29(16,40)25(36)20(14)24(35)21(18)23(17)34/h3-5,8,10,12,14,16,34-35,37,40H,6-7,9,11H2,1-2H3,(H2,30,38)(H,32,39). The Labute approximate surface area is 229 Å². The lowest BCUT2D eigenvalue weighted by molar-refractivity contribution is -0.147. The van der Waals surface area contributed by atoms with Crippen LogP contribution in [-0.2, 0) is 27.3 Å². The highest BCUT2D eigenvalue weighted by Crippen LogP contribution is 2.53. The highest BCUT2D eigenvalue weighted by Gasteiger charge is 2.60. The third-order valence-electron chi connectivity index (χ3n) is 8.17. The number of fused-ring (bicyclic) bond motifs is 3. The number of Topliss-reactive ketones (excluding diaryl/α,β-unsaturated/α-hetero) is 2. The molecule has 0 aliphatic heterocycles. The molecule has 2 amide bonds. The maximum absolute atomic E-state index is 13.7. The van der Waals surface area contributed by atoms with Gasteiger partial charge in [-0.05, 0) is 59.6 Å². The Hall–Kier alpha value is -4.51. The number of nitrogens with one attached hydrogen (secondary N) is 1. The molecule has 0 spiro atoms. The first-order valence-electron chi connectivity index (χ1n) is 12.9.